The van der Waals surface area contributed by atoms with Crippen molar-refractivity contribution >= 4 is 0 Å². The number of hydrogen-bond acceptors (Lipinski definition) is 0. The van der Waals surface area contributed by atoms with Gasteiger partial charge < -0.3 is 0 Å². The maximum Gasteiger partial charge on any atom is -0.0297 e. The molecular formula is C13H22. The van der Waals surface area contributed by atoms with E-state index in [0.29, 0.717) is 0 Å². The molecule has 0 aromatic rings. The first-order chi connectivity index (χ1) is 6.15. The molecule has 2 rings (SSSR count). The maximum atomic E-state index is 4.03. The van der Waals surface area contributed by atoms with Gasteiger partial charge in [-0.2, -0.15) is 0 Å². The fourth-order valence-corrected chi connectivity index (χ4v) is 3.70. The van der Waals surface area contributed by atoms with E-state index in [2.05, 4.69) is 20.4 Å². The van der Waals surface area contributed by atoms with E-state index in [4.69, 9.17) is 0 Å². The monoisotopic (exact) mass is 178 g/mol. The van der Waals surface area contributed by atoms with Crippen molar-refractivity contribution in [2.75, 3.05) is 0 Å². The first-order valence-electron chi connectivity index (χ1n) is 5.79. The van der Waals surface area contributed by atoms with Crippen molar-refractivity contribution in [1.82, 2.24) is 0 Å². The van der Waals surface area contributed by atoms with Crippen molar-refractivity contribution < 1.29 is 0 Å². The largest absolute Gasteiger partial charge is 0.100 e. The molecule has 0 radical (unpaired) electrons. The van der Waals surface area contributed by atoms with Crippen molar-refractivity contribution in [1.29, 1.82) is 0 Å². The highest BCUT2D eigenvalue weighted by Crippen LogP contribution is 2.50. The first kappa shape index (κ1) is 9.30. The van der Waals surface area contributed by atoms with Crippen LogP contribution >= 0.6 is 0 Å². The van der Waals surface area contributed by atoms with Crippen LogP contribution in [0.2, 0.25) is 0 Å². The van der Waals surface area contributed by atoms with E-state index >= 15 is 0 Å². The molecule has 74 valence electrons. The van der Waals surface area contributed by atoms with Crippen LogP contribution in [-0.4, -0.2) is 0 Å². The SMILES string of the molecule is C=C(C)CC1C[C@H]2CC(C)C[C@H]2C1. The summed E-state index contributed by atoms with van der Waals surface area (Å²) in [7, 11) is 0. The van der Waals surface area contributed by atoms with Crippen LogP contribution in [0.3, 0.4) is 0 Å². The number of fused-ring (bicyclic) bond motifs is 1. The molecule has 0 aliphatic heterocycles. The lowest BCUT2D eigenvalue weighted by atomic mass is 9.94. The molecule has 0 N–H and O–H groups in total. The second-order valence-electron chi connectivity index (χ2n) is 5.60. The first-order valence-corrected chi connectivity index (χ1v) is 5.79. The van der Waals surface area contributed by atoms with Crippen LogP contribution in [0.15, 0.2) is 12.2 Å². The zero-order chi connectivity index (χ0) is 9.42. The van der Waals surface area contributed by atoms with Crippen LogP contribution in [0.5, 0.6) is 0 Å². The second-order valence-corrected chi connectivity index (χ2v) is 5.60. The van der Waals surface area contributed by atoms with Gasteiger partial charge >= 0.3 is 0 Å². The Hall–Kier alpha value is -0.260. The van der Waals surface area contributed by atoms with Crippen molar-refractivity contribution in [2.45, 2.75) is 46.0 Å². The van der Waals surface area contributed by atoms with E-state index in [1.165, 1.54) is 37.7 Å². The van der Waals surface area contributed by atoms with Crippen molar-refractivity contribution in [3.05, 3.63) is 12.2 Å². The van der Waals surface area contributed by atoms with Gasteiger partial charge in [-0.15, -0.1) is 6.58 Å². The third-order valence-corrected chi connectivity index (χ3v) is 3.99. The summed E-state index contributed by atoms with van der Waals surface area (Å²) in [6.45, 7) is 8.63. The van der Waals surface area contributed by atoms with Gasteiger partial charge in [0.2, 0.25) is 0 Å². The van der Waals surface area contributed by atoms with Gasteiger partial charge in [-0.1, -0.05) is 12.5 Å². The molecule has 0 saturated heterocycles. The maximum absolute atomic E-state index is 4.03. The van der Waals surface area contributed by atoms with Crippen LogP contribution in [0.1, 0.15) is 46.0 Å². The summed E-state index contributed by atoms with van der Waals surface area (Å²) in [5.41, 5.74) is 1.39. The van der Waals surface area contributed by atoms with Crippen molar-refractivity contribution in [3.63, 3.8) is 0 Å². The summed E-state index contributed by atoms with van der Waals surface area (Å²) >= 11 is 0. The summed E-state index contributed by atoms with van der Waals surface area (Å²) in [5.74, 6) is 4.17. The Morgan fingerprint density at radius 3 is 2.15 bits per heavy atom. The molecule has 2 fully saturated rings. The highest BCUT2D eigenvalue weighted by Gasteiger charge is 2.39. The minimum Gasteiger partial charge on any atom is -0.100 e. The Bertz CT molecular complexity index is 190. The second kappa shape index (κ2) is 3.48. The third kappa shape index (κ3) is 1.98. The number of rotatable bonds is 2. The molecular weight excluding hydrogens is 156 g/mol. The van der Waals surface area contributed by atoms with Crippen LogP contribution in [0.25, 0.3) is 0 Å². The fraction of sp³-hybridized carbons (Fsp3) is 0.846. The van der Waals surface area contributed by atoms with Gasteiger partial charge in [-0.25, -0.2) is 0 Å². The third-order valence-electron chi connectivity index (χ3n) is 3.99. The fourth-order valence-electron chi connectivity index (χ4n) is 3.70. The average molecular weight is 178 g/mol. The molecule has 0 heteroatoms. The number of hydrogen-bond donors (Lipinski definition) is 0. The Balaban J connectivity index is 1.86. The zero-order valence-electron chi connectivity index (χ0n) is 9.05. The lowest BCUT2D eigenvalue weighted by Gasteiger charge is -2.11. The Labute approximate surface area is 82.4 Å². The minimum atomic E-state index is 0.986. The van der Waals surface area contributed by atoms with Gasteiger partial charge in [0.25, 0.3) is 0 Å². The van der Waals surface area contributed by atoms with E-state index in [-0.39, 0.29) is 0 Å². The van der Waals surface area contributed by atoms with Gasteiger partial charge in [0.15, 0.2) is 0 Å². The molecule has 2 aliphatic rings. The highest BCUT2D eigenvalue weighted by molar-refractivity contribution is 4.97. The van der Waals surface area contributed by atoms with E-state index in [9.17, 15) is 0 Å². The van der Waals surface area contributed by atoms with E-state index < -0.39 is 0 Å². The topological polar surface area (TPSA) is 0 Å². The summed E-state index contributed by atoms with van der Waals surface area (Å²) < 4.78 is 0. The average Bonchev–Trinajstić information content (AvgIpc) is 2.41. The number of allylic oxidation sites excluding steroid dienone is 1. The standard InChI is InChI=1S/C13H22/c1-9(2)4-11-7-12-5-10(3)6-13(12)8-11/h10-13H,1,4-8H2,2-3H3/t10?,11?,12-,13+. The van der Waals surface area contributed by atoms with Crippen LogP contribution < -0.4 is 0 Å². The van der Waals surface area contributed by atoms with E-state index in [1.54, 1.807) is 0 Å². The predicted molar refractivity (Wildman–Crippen MR) is 57.5 cm³/mol. The van der Waals surface area contributed by atoms with Gasteiger partial charge in [-0.3, -0.25) is 0 Å². The van der Waals surface area contributed by atoms with Gasteiger partial charge in [0, 0.05) is 0 Å². The van der Waals surface area contributed by atoms with Gasteiger partial charge in [0.1, 0.15) is 0 Å². The van der Waals surface area contributed by atoms with Crippen LogP contribution in [0, 0.1) is 23.7 Å². The van der Waals surface area contributed by atoms with Gasteiger partial charge in [0.05, 0.1) is 0 Å². The molecule has 0 aromatic heterocycles. The summed E-state index contributed by atoms with van der Waals surface area (Å²) in [4.78, 5) is 0. The molecule has 2 saturated carbocycles. The molecule has 2 unspecified atom stereocenters. The predicted octanol–water partition coefficient (Wildman–Crippen LogP) is 4.02. The molecule has 0 nitrogen and oxygen atoms in total. The van der Waals surface area contributed by atoms with Crippen LogP contribution in [0.4, 0.5) is 0 Å². The minimum absolute atomic E-state index is 0.986. The van der Waals surface area contributed by atoms with Crippen LogP contribution in [-0.2, 0) is 0 Å². The molecule has 0 heterocycles. The van der Waals surface area contributed by atoms with Crippen molar-refractivity contribution in [3.8, 4) is 0 Å². The Morgan fingerprint density at radius 1 is 1.15 bits per heavy atom. The Kier molecular flexibility index (Phi) is 2.49. The van der Waals surface area contributed by atoms with Crippen molar-refractivity contribution in [2.24, 2.45) is 23.7 Å². The van der Waals surface area contributed by atoms with Gasteiger partial charge in [-0.05, 0) is 62.7 Å². The quantitative estimate of drug-likeness (QED) is 0.560. The zero-order valence-corrected chi connectivity index (χ0v) is 9.05. The molecule has 0 spiro atoms. The molecule has 4 atom stereocenters. The summed E-state index contributed by atoms with van der Waals surface area (Å²) in [6, 6.07) is 0. The summed E-state index contributed by atoms with van der Waals surface area (Å²) in [6.07, 6.45) is 7.32. The molecule has 0 bridgehead atoms. The highest BCUT2D eigenvalue weighted by atomic mass is 14.4. The normalized spacial score (nSPS) is 43.5. The molecule has 0 amide bonds. The molecule has 2 aliphatic carbocycles. The van der Waals surface area contributed by atoms with E-state index in [0.717, 1.165) is 23.7 Å². The molecule has 0 aromatic carbocycles. The lowest BCUT2D eigenvalue weighted by Crippen LogP contribution is -1.98. The lowest BCUT2D eigenvalue weighted by molar-refractivity contribution is 0.444. The summed E-state index contributed by atoms with van der Waals surface area (Å²) in [5, 5.41) is 0. The smallest absolute Gasteiger partial charge is 0.0297 e. The molecule has 13 heavy (non-hydrogen) atoms. The van der Waals surface area contributed by atoms with E-state index in [1.807, 2.05) is 0 Å². The Morgan fingerprint density at radius 2 is 1.69 bits per heavy atom.